The molecule has 0 aromatic heterocycles. The molecule has 0 radical (unpaired) electrons. The van der Waals surface area contributed by atoms with Gasteiger partial charge in [-0.3, -0.25) is 10.1 Å². The third-order valence-electron chi connectivity index (χ3n) is 3.48. The Hall–Kier alpha value is -1.11. The van der Waals surface area contributed by atoms with Crippen molar-refractivity contribution in [2.45, 2.75) is 30.3 Å². The second kappa shape index (κ2) is 7.77. The summed E-state index contributed by atoms with van der Waals surface area (Å²) in [6.45, 7) is 2.81. The summed E-state index contributed by atoms with van der Waals surface area (Å²) >= 11 is 1.54. The molecular formula is C15H21FN2O2S. The van der Waals surface area contributed by atoms with E-state index in [0.29, 0.717) is 18.0 Å². The van der Waals surface area contributed by atoms with Gasteiger partial charge in [-0.15, -0.1) is 11.8 Å². The molecule has 1 heterocycles. The molecule has 6 heteroatoms. The molecule has 1 aromatic rings. The van der Waals surface area contributed by atoms with Crippen LogP contribution in [-0.2, 0) is 9.53 Å². The highest BCUT2D eigenvalue weighted by molar-refractivity contribution is 7.99. The normalized spacial score (nSPS) is 18.9. The van der Waals surface area contributed by atoms with Gasteiger partial charge in [-0.05, 0) is 30.7 Å². The first-order valence-corrected chi connectivity index (χ1v) is 8.06. The highest BCUT2D eigenvalue weighted by Gasteiger charge is 2.25. The average Bonchev–Trinajstić information content (AvgIpc) is 2.48. The van der Waals surface area contributed by atoms with Crippen LogP contribution in [0.25, 0.3) is 0 Å². The first-order chi connectivity index (χ1) is 10.1. The molecular weight excluding hydrogens is 291 g/mol. The largest absolute Gasteiger partial charge is 0.383 e. The molecule has 0 saturated carbocycles. The van der Waals surface area contributed by atoms with E-state index >= 15 is 0 Å². The Balaban J connectivity index is 1.98. The van der Waals surface area contributed by atoms with Gasteiger partial charge in [0.25, 0.3) is 0 Å². The molecule has 0 fully saturated rings. The average molecular weight is 312 g/mol. The number of ether oxygens (including phenoxy) is 1. The van der Waals surface area contributed by atoms with Crippen molar-refractivity contribution in [1.29, 1.82) is 0 Å². The Morgan fingerprint density at radius 3 is 3.14 bits per heavy atom. The first-order valence-electron chi connectivity index (χ1n) is 7.07. The van der Waals surface area contributed by atoms with Crippen molar-refractivity contribution in [3.63, 3.8) is 0 Å². The van der Waals surface area contributed by atoms with Gasteiger partial charge < -0.3 is 10.1 Å². The zero-order chi connectivity index (χ0) is 15.2. The van der Waals surface area contributed by atoms with Gasteiger partial charge in [0.2, 0.25) is 5.91 Å². The molecule has 116 valence electrons. The predicted octanol–water partition coefficient (Wildman–Crippen LogP) is 2.10. The highest BCUT2D eigenvalue weighted by Crippen LogP contribution is 2.37. The van der Waals surface area contributed by atoms with E-state index in [1.807, 2.05) is 13.0 Å². The smallest absolute Gasteiger partial charge is 0.236 e. The molecule has 0 bridgehead atoms. The predicted molar refractivity (Wildman–Crippen MR) is 82.0 cm³/mol. The summed E-state index contributed by atoms with van der Waals surface area (Å²) in [5, 5.41) is 6.10. The van der Waals surface area contributed by atoms with E-state index in [-0.39, 0.29) is 23.8 Å². The molecule has 21 heavy (non-hydrogen) atoms. The molecule has 0 spiro atoms. The molecule has 2 N–H and O–H groups in total. The lowest BCUT2D eigenvalue weighted by Crippen LogP contribution is -2.45. The maximum absolute atomic E-state index is 13.8. The van der Waals surface area contributed by atoms with Gasteiger partial charge in [0, 0.05) is 24.6 Å². The Morgan fingerprint density at radius 1 is 1.57 bits per heavy atom. The maximum atomic E-state index is 13.8. The number of amides is 1. The van der Waals surface area contributed by atoms with Crippen molar-refractivity contribution in [2.24, 2.45) is 0 Å². The number of carbonyl (C=O) groups is 1. The number of hydrogen-bond acceptors (Lipinski definition) is 4. The molecule has 2 rings (SSSR count). The number of hydrogen-bond donors (Lipinski definition) is 2. The molecule has 1 amide bonds. The third-order valence-corrected chi connectivity index (χ3v) is 4.63. The van der Waals surface area contributed by atoms with E-state index < -0.39 is 0 Å². The van der Waals surface area contributed by atoms with Crippen molar-refractivity contribution in [2.75, 3.05) is 26.0 Å². The number of rotatable bonds is 6. The molecule has 1 aromatic carbocycles. The SMILES string of the molecule is COCCNC(=O)C(C)NC1CCSc2c(F)cccc21. The first kappa shape index (κ1) is 16.3. The molecule has 2 atom stereocenters. The Kier molecular flexibility index (Phi) is 6.02. The summed E-state index contributed by atoms with van der Waals surface area (Å²) in [4.78, 5) is 12.7. The molecule has 2 unspecified atom stereocenters. The van der Waals surface area contributed by atoms with E-state index in [9.17, 15) is 9.18 Å². The van der Waals surface area contributed by atoms with E-state index in [1.165, 1.54) is 17.8 Å². The van der Waals surface area contributed by atoms with Crippen LogP contribution in [0.3, 0.4) is 0 Å². The topological polar surface area (TPSA) is 50.4 Å². The lowest BCUT2D eigenvalue weighted by molar-refractivity contribution is -0.123. The van der Waals surface area contributed by atoms with Gasteiger partial charge in [0.1, 0.15) is 5.82 Å². The van der Waals surface area contributed by atoms with Gasteiger partial charge in [0.05, 0.1) is 12.6 Å². The van der Waals surface area contributed by atoms with Crippen molar-refractivity contribution < 1.29 is 13.9 Å². The van der Waals surface area contributed by atoms with Gasteiger partial charge in [0.15, 0.2) is 0 Å². The van der Waals surface area contributed by atoms with Crippen LogP contribution in [-0.4, -0.2) is 38.0 Å². The minimum Gasteiger partial charge on any atom is -0.383 e. The quantitative estimate of drug-likeness (QED) is 0.790. The number of halogens is 1. The number of fused-ring (bicyclic) bond motifs is 1. The van der Waals surface area contributed by atoms with Gasteiger partial charge in [-0.1, -0.05) is 12.1 Å². The number of carbonyl (C=O) groups excluding carboxylic acids is 1. The van der Waals surface area contributed by atoms with Gasteiger partial charge >= 0.3 is 0 Å². The molecule has 1 aliphatic heterocycles. The lowest BCUT2D eigenvalue weighted by atomic mass is 10.0. The van der Waals surface area contributed by atoms with Crippen LogP contribution in [0, 0.1) is 5.82 Å². The Morgan fingerprint density at radius 2 is 2.38 bits per heavy atom. The second-order valence-electron chi connectivity index (χ2n) is 5.02. The second-order valence-corrected chi connectivity index (χ2v) is 6.13. The van der Waals surface area contributed by atoms with E-state index in [4.69, 9.17) is 4.74 Å². The van der Waals surface area contributed by atoms with E-state index in [1.54, 1.807) is 13.2 Å². The number of nitrogens with one attached hydrogen (secondary N) is 2. The van der Waals surface area contributed by atoms with Gasteiger partial charge in [-0.2, -0.15) is 0 Å². The summed E-state index contributed by atoms with van der Waals surface area (Å²) in [5.74, 6) is 0.605. The van der Waals surface area contributed by atoms with Crippen molar-refractivity contribution >= 4 is 17.7 Å². The summed E-state index contributed by atoms with van der Waals surface area (Å²) in [6, 6.07) is 4.82. The number of thioether (sulfide) groups is 1. The third kappa shape index (κ3) is 4.18. The van der Waals surface area contributed by atoms with Gasteiger partial charge in [-0.25, -0.2) is 4.39 Å². The van der Waals surface area contributed by atoms with Crippen molar-refractivity contribution in [3.05, 3.63) is 29.6 Å². The van der Waals surface area contributed by atoms with Crippen LogP contribution in [0.1, 0.15) is 24.9 Å². The van der Waals surface area contributed by atoms with Crippen molar-refractivity contribution in [3.8, 4) is 0 Å². The summed E-state index contributed by atoms with van der Waals surface area (Å²) in [6.07, 6.45) is 0.886. The van der Waals surface area contributed by atoms with Crippen LogP contribution < -0.4 is 10.6 Å². The van der Waals surface area contributed by atoms with E-state index in [2.05, 4.69) is 10.6 Å². The summed E-state index contributed by atoms with van der Waals surface area (Å²) < 4.78 is 18.7. The zero-order valence-electron chi connectivity index (χ0n) is 12.3. The van der Waals surface area contributed by atoms with Crippen molar-refractivity contribution in [1.82, 2.24) is 10.6 Å². The maximum Gasteiger partial charge on any atom is 0.236 e. The van der Waals surface area contributed by atoms with Crippen LogP contribution >= 0.6 is 11.8 Å². The van der Waals surface area contributed by atoms with Crippen LogP contribution in [0.5, 0.6) is 0 Å². The highest BCUT2D eigenvalue weighted by atomic mass is 32.2. The molecule has 4 nitrogen and oxygen atoms in total. The number of benzene rings is 1. The fourth-order valence-corrected chi connectivity index (χ4v) is 3.51. The van der Waals surface area contributed by atoms with Crippen LogP contribution in [0.4, 0.5) is 4.39 Å². The minimum atomic E-state index is -0.328. The standard InChI is InChI=1S/C15H21FN2O2S/c1-10(15(19)17-7-8-20-2)18-13-6-9-21-14-11(13)4-3-5-12(14)16/h3-5,10,13,18H,6-9H2,1-2H3,(H,17,19). The molecule has 0 saturated heterocycles. The fraction of sp³-hybridized carbons (Fsp3) is 0.533. The fourth-order valence-electron chi connectivity index (χ4n) is 2.37. The zero-order valence-corrected chi connectivity index (χ0v) is 13.1. The Labute approximate surface area is 128 Å². The minimum absolute atomic E-state index is 0.0140. The summed E-state index contributed by atoms with van der Waals surface area (Å²) in [7, 11) is 1.60. The molecule has 1 aliphatic rings. The number of methoxy groups -OCH3 is 1. The lowest BCUT2D eigenvalue weighted by Gasteiger charge is -2.28. The summed E-state index contributed by atoms with van der Waals surface area (Å²) in [5.41, 5.74) is 0.947. The molecule has 0 aliphatic carbocycles. The Bertz CT molecular complexity index is 499. The van der Waals surface area contributed by atoms with Crippen LogP contribution in [0.15, 0.2) is 23.1 Å². The monoisotopic (exact) mass is 312 g/mol. The van der Waals surface area contributed by atoms with Crippen LogP contribution in [0.2, 0.25) is 0 Å². The van der Waals surface area contributed by atoms with E-state index in [0.717, 1.165) is 17.7 Å².